The number of sulfonamides is 1. The molecule has 1 saturated carbocycles. The van der Waals surface area contributed by atoms with Crippen molar-refractivity contribution in [3.8, 4) is 0 Å². The van der Waals surface area contributed by atoms with Gasteiger partial charge in [-0.1, -0.05) is 29.8 Å². The lowest BCUT2D eigenvalue weighted by Gasteiger charge is -2.21. The zero-order valence-corrected chi connectivity index (χ0v) is 15.7. The Morgan fingerprint density at radius 2 is 1.96 bits per heavy atom. The Hall–Kier alpha value is -1.73. The van der Waals surface area contributed by atoms with Crippen LogP contribution in [0.5, 0.6) is 0 Å². The molecule has 1 aromatic carbocycles. The van der Waals surface area contributed by atoms with Crippen LogP contribution in [0.1, 0.15) is 44.1 Å². The molecule has 0 heterocycles. The molecule has 26 heavy (non-hydrogen) atoms. The van der Waals surface area contributed by atoms with Gasteiger partial charge >= 0.3 is 5.97 Å². The molecule has 0 spiro atoms. The van der Waals surface area contributed by atoms with Gasteiger partial charge in [-0.15, -0.1) is 0 Å². The lowest BCUT2D eigenvalue weighted by atomic mass is 9.98. The van der Waals surface area contributed by atoms with E-state index in [0.717, 1.165) is 5.56 Å². The summed E-state index contributed by atoms with van der Waals surface area (Å²) in [5.74, 6) is -1.23. The standard InChI is InChI=1S/C19H26FNO4S/c1-14-8-10-15(11-9-14)26(24,25)21-18-13-12-17(20)16(18)6-4-2-3-5-7-19(22)23/h2,4,8-11,16-18,21H,3,5-7,12-13H2,1H3,(H,22,23)/b4-2-. The third-order valence-electron chi connectivity index (χ3n) is 4.71. The Kier molecular flexibility index (Phi) is 7.34. The van der Waals surface area contributed by atoms with Crippen molar-refractivity contribution in [2.45, 2.75) is 62.6 Å². The van der Waals surface area contributed by atoms with Crippen molar-refractivity contribution in [3.05, 3.63) is 42.0 Å². The Morgan fingerprint density at radius 1 is 1.27 bits per heavy atom. The third-order valence-corrected chi connectivity index (χ3v) is 6.21. The van der Waals surface area contributed by atoms with Gasteiger partial charge in [-0.25, -0.2) is 17.5 Å². The molecule has 3 unspecified atom stereocenters. The molecule has 0 aromatic heterocycles. The second-order valence-electron chi connectivity index (χ2n) is 6.79. The van der Waals surface area contributed by atoms with Crippen LogP contribution in [-0.4, -0.2) is 31.7 Å². The minimum Gasteiger partial charge on any atom is -0.481 e. The fourth-order valence-electron chi connectivity index (χ4n) is 3.20. The maximum Gasteiger partial charge on any atom is 0.303 e. The van der Waals surface area contributed by atoms with Gasteiger partial charge in [0.25, 0.3) is 0 Å². The van der Waals surface area contributed by atoms with E-state index in [1.165, 1.54) is 0 Å². The fraction of sp³-hybridized carbons (Fsp3) is 0.526. The topological polar surface area (TPSA) is 83.5 Å². The van der Waals surface area contributed by atoms with Crippen molar-refractivity contribution in [2.24, 2.45) is 5.92 Å². The van der Waals surface area contributed by atoms with E-state index < -0.39 is 34.1 Å². The van der Waals surface area contributed by atoms with Crippen LogP contribution in [0.3, 0.4) is 0 Å². The molecular formula is C19H26FNO4S. The molecule has 0 saturated heterocycles. The number of halogens is 1. The maximum absolute atomic E-state index is 14.2. The summed E-state index contributed by atoms with van der Waals surface area (Å²) >= 11 is 0. The predicted octanol–water partition coefficient (Wildman–Crippen LogP) is 3.59. The minimum atomic E-state index is -3.67. The van der Waals surface area contributed by atoms with E-state index in [1.807, 2.05) is 19.1 Å². The highest BCUT2D eigenvalue weighted by molar-refractivity contribution is 7.89. The van der Waals surface area contributed by atoms with Crippen LogP contribution in [0.15, 0.2) is 41.3 Å². The molecule has 0 bridgehead atoms. The van der Waals surface area contributed by atoms with E-state index in [2.05, 4.69) is 4.72 Å². The molecule has 0 radical (unpaired) electrons. The summed E-state index contributed by atoms with van der Waals surface area (Å²) in [5, 5.41) is 8.59. The molecule has 1 fully saturated rings. The van der Waals surface area contributed by atoms with Crippen molar-refractivity contribution in [3.63, 3.8) is 0 Å². The zero-order valence-electron chi connectivity index (χ0n) is 14.9. The maximum atomic E-state index is 14.2. The average molecular weight is 383 g/mol. The van der Waals surface area contributed by atoms with Crippen LogP contribution >= 0.6 is 0 Å². The number of rotatable bonds is 9. The normalized spacial score (nSPS) is 23.5. The lowest BCUT2D eigenvalue weighted by Crippen LogP contribution is -2.38. The molecule has 5 nitrogen and oxygen atoms in total. The summed E-state index contributed by atoms with van der Waals surface area (Å²) in [6, 6.07) is 6.14. The first-order chi connectivity index (χ1) is 12.3. The number of carbonyl (C=O) groups is 1. The van der Waals surface area contributed by atoms with Gasteiger partial charge in [0.1, 0.15) is 6.17 Å². The van der Waals surface area contributed by atoms with Crippen molar-refractivity contribution in [1.82, 2.24) is 4.72 Å². The summed E-state index contributed by atoms with van der Waals surface area (Å²) in [4.78, 5) is 10.6. The van der Waals surface area contributed by atoms with Crippen LogP contribution < -0.4 is 4.72 Å². The molecule has 1 aromatic rings. The van der Waals surface area contributed by atoms with Crippen LogP contribution in [0.4, 0.5) is 4.39 Å². The Morgan fingerprint density at radius 3 is 2.62 bits per heavy atom. The number of allylic oxidation sites excluding steroid dienone is 2. The van der Waals surface area contributed by atoms with Crippen molar-refractivity contribution in [2.75, 3.05) is 0 Å². The first-order valence-corrected chi connectivity index (χ1v) is 10.4. The van der Waals surface area contributed by atoms with E-state index in [4.69, 9.17) is 5.11 Å². The first kappa shape index (κ1) is 20.6. The lowest BCUT2D eigenvalue weighted by molar-refractivity contribution is -0.137. The van der Waals surface area contributed by atoms with Crippen LogP contribution in [-0.2, 0) is 14.8 Å². The van der Waals surface area contributed by atoms with Gasteiger partial charge in [0, 0.05) is 18.4 Å². The molecule has 0 aliphatic heterocycles. The molecule has 7 heteroatoms. The molecular weight excluding hydrogens is 357 g/mol. The number of aliphatic carboxylic acids is 1. The number of hydrogen-bond donors (Lipinski definition) is 2. The molecule has 0 amide bonds. The van der Waals surface area contributed by atoms with Gasteiger partial charge < -0.3 is 5.11 Å². The van der Waals surface area contributed by atoms with Crippen molar-refractivity contribution in [1.29, 1.82) is 0 Å². The van der Waals surface area contributed by atoms with Crippen LogP contribution in [0.25, 0.3) is 0 Å². The molecule has 2 rings (SSSR count). The van der Waals surface area contributed by atoms with E-state index in [9.17, 15) is 17.6 Å². The van der Waals surface area contributed by atoms with Crippen LogP contribution in [0.2, 0.25) is 0 Å². The third kappa shape index (κ3) is 5.92. The summed E-state index contributed by atoms with van der Waals surface area (Å²) in [6.07, 6.45) is 5.17. The van der Waals surface area contributed by atoms with Crippen molar-refractivity contribution >= 4 is 16.0 Å². The second-order valence-corrected chi connectivity index (χ2v) is 8.51. The predicted molar refractivity (Wildman–Crippen MR) is 98.2 cm³/mol. The number of aryl methyl sites for hydroxylation is 1. The number of alkyl halides is 1. The number of carboxylic acid groups (broad SMARTS) is 1. The highest BCUT2D eigenvalue weighted by atomic mass is 32.2. The average Bonchev–Trinajstić information content (AvgIpc) is 2.90. The van der Waals surface area contributed by atoms with Gasteiger partial charge in [0.05, 0.1) is 4.90 Å². The second kappa shape index (κ2) is 9.28. The number of nitrogens with one attached hydrogen (secondary N) is 1. The quantitative estimate of drug-likeness (QED) is 0.504. The van der Waals surface area contributed by atoms with Crippen LogP contribution in [0, 0.1) is 12.8 Å². The number of carboxylic acids is 1. The van der Waals surface area contributed by atoms with E-state index >= 15 is 0 Å². The van der Waals surface area contributed by atoms with Gasteiger partial charge in [0.15, 0.2) is 0 Å². The van der Waals surface area contributed by atoms with E-state index in [-0.39, 0.29) is 11.3 Å². The Balaban J connectivity index is 1.94. The summed E-state index contributed by atoms with van der Waals surface area (Å²) < 4.78 is 41.9. The summed E-state index contributed by atoms with van der Waals surface area (Å²) in [5.41, 5.74) is 0.972. The Bertz CT molecular complexity index is 730. The van der Waals surface area contributed by atoms with E-state index in [0.29, 0.717) is 32.1 Å². The fourth-order valence-corrected chi connectivity index (χ4v) is 4.53. The van der Waals surface area contributed by atoms with Gasteiger partial charge in [0.2, 0.25) is 10.0 Å². The summed E-state index contributed by atoms with van der Waals surface area (Å²) in [7, 11) is -3.67. The Labute approximate surface area is 154 Å². The van der Waals surface area contributed by atoms with Gasteiger partial charge in [-0.3, -0.25) is 4.79 Å². The van der Waals surface area contributed by atoms with Gasteiger partial charge in [-0.05, 0) is 51.2 Å². The largest absolute Gasteiger partial charge is 0.481 e. The number of hydrogen-bond acceptors (Lipinski definition) is 3. The minimum absolute atomic E-state index is 0.110. The first-order valence-electron chi connectivity index (χ1n) is 8.89. The summed E-state index contributed by atoms with van der Waals surface area (Å²) in [6.45, 7) is 1.88. The smallest absolute Gasteiger partial charge is 0.303 e. The van der Waals surface area contributed by atoms with E-state index in [1.54, 1.807) is 24.3 Å². The highest BCUT2D eigenvalue weighted by Crippen LogP contribution is 2.33. The molecule has 144 valence electrons. The number of unbranched alkanes of at least 4 members (excludes halogenated alkanes) is 1. The SMILES string of the molecule is Cc1ccc(S(=O)(=O)NC2CCC(F)C2C/C=C\CCCC(=O)O)cc1. The zero-order chi connectivity index (χ0) is 19.2. The van der Waals surface area contributed by atoms with Gasteiger partial charge in [-0.2, -0.15) is 0 Å². The molecule has 3 atom stereocenters. The highest BCUT2D eigenvalue weighted by Gasteiger charge is 2.37. The number of benzene rings is 1. The molecule has 1 aliphatic rings. The molecule has 2 N–H and O–H groups in total. The molecule has 1 aliphatic carbocycles. The monoisotopic (exact) mass is 383 g/mol. The van der Waals surface area contributed by atoms with Crippen molar-refractivity contribution < 1.29 is 22.7 Å².